The molecule has 5 rings (SSSR count). The zero-order valence-electron chi connectivity index (χ0n) is 19.7. The molecule has 9 nitrogen and oxygen atoms in total. The van der Waals surface area contributed by atoms with Crippen LogP contribution >= 0.6 is 0 Å². The second-order valence-electron chi connectivity index (χ2n) is 9.33. The van der Waals surface area contributed by atoms with Crippen molar-refractivity contribution in [3.63, 3.8) is 0 Å². The maximum Gasteiger partial charge on any atom is 0.363 e. The summed E-state index contributed by atoms with van der Waals surface area (Å²) in [7, 11) is 0. The molecule has 0 spiro atoms. The Hall–Kier alpha value is -3.59. The number of hydrogen-bond acceptors (Lipinski definition) is 4. The molecular weight excluding hydrogens is 434 g/mol. The first-order valence-electron chi connectivity index (χ1n) is 11.6. The predicted molar refractivity (Wildman–Crippen MR) is 127 cm³/mol. The molecule has 0 aliphatic carbocycles. The Kier molecular flexibility index (Phi) is 5.05. The van der Waals surface area contributed by atoms with E-state index in [-0.39, 0.29) is 24.1 Å². The highest BCUT2D eigenvalue weighted by Crippen LogP contribution is 2.41. The van der Waals surface area contributed by atoms with Crippen LogP contribution < -0.4 is 16.1 Å². The van der Waals surface area contributed by atoms with Crippen molar-refractivity contribution in [2.24, 2.45) is 5.92 Å². The highest BCUT2D eigenvalue weighted by atomic mass is 16.3. The molecular formula is C25H29N5O4. The number of amides is 2. The van der Waals surface area contributed by atoms with E-state index in [1.54, 1.807) is 17.8 Å². The summed E-state index contributed by atoms with van der Waals surface area (Å²) in [6.45, 7) is 7.22. The Morgan fingerprint density at radius 3 is 2.44 bits per heavy atom. The number of para-hydroxylation sites is 1. The summed E-state index contributed by atoms with van der Waals surface area (Å²) in [5.41, 5.74) is 4.45. The van der Waals surface area contributed by atoms with Crippen molar-refractivity contribution < 1.29 is 14.7 Å². The number of anilines is 1. The highest BCUT2D eigenvalue weighted by molar-refractivity contribution is 6.07. The molecule has 2 N–H and O–H groups in total. The van der Waals surface area contributed by atoms with Crippen LogP contribution in [0.1, 0.15) is 51.6 Å². The van der Waals surface area contributed by atoms with E-state index in [1.807, 2.05) is 63.2 Å². The summed E-state index contributed by atoms with van der Waals surface area (Å²) < 4.78 is 2.80. The maximum atomic E-state index is 13.5. The van der Waals surface area contributed by atoms with Gasteiger partial charge in [-0.15, -0.1) is 0 Å². The van der Waals surface area contributed by atoms with Crippen LogP contribution in [0.2, 0.25) is 0 Å². The van der Waals surface area contributed by atoms with Crippen LogP contribution in [0.15, 0.2) is 53.3 Å². The van der Waals surface area contributed by atoms with Crippen LogP contribution in [0, 0.1) is 5.92 Å². The largest absolute Gasteiger partial charge is 0.394 e. The van der Waals surface area contributed by atoms with Gasteiger partial charge < -0.3 is 5.11 Å². The lowest BCUT2D eigenvalue weighted by molar-refractivity contribution is -0.129. The van der Waals surface area contributed by atoms with E-state index in [0.717, 1.165) is 23.1 Å². The molecule has 1 aromatic heterocycles. The number of rotatable bonds is 6. The van der Waals surface area contributed by atoms with Gasteiger partial charge in [-0.3, -0.25) is 15.0 Å². The lowest BCUT2D eigenvalue weighted by atomic mass is 9.92. The van der Waals surface area contributed by atoms with Crippen molar-refractivity contribution in [3.8, 4) is 11.1 Å². The topological polar surface area (TPSA) is 102 Å². The van der Waals surface area contributed by atoms with E-state index in [2.05, 4.69) is 5.43 Å². The van der Waals surface area contributed by atoms with Crippen LogP contribution in [-0.2, 0) is 15.3 Å². The second-order valence-corrected chi connectivity index (χ2v) is 9.33. The number of benzene rings is 2. The number of fused-ring (bicyclic) bond motifs is 4. The van der Waals surface area contributed by atoms with Gasteiger partial charge in [-0.05, 0) is 37.0 Å². The zero-order valence-corrected chi connectivity index (χ0v) is 19.7. The summed E-state index contributed by atoms with van der Waals surface area (Å²) in [6, 6.07) is 14.8. The molecule has 2 amide bonds. The molecule has 3 aromatic rings. The van der Waals surface area contributed by atoms with Gasteiger partial charge in [-0.2, -0.15) is 9.48 Å². The fourth-order valence-electron chi connectivity index (χ4n) is 5.02. The summed E-state index contributed by atoms with van der Waals surface area (Å²) >= 11 is 0. The quantitative estimate of drug-likeness (QED) is 0.586. The third-order valence-corrected chi connectivity index (χ3v) is 7.43. The van der Waals surface area contributed by atoms with Crippen LogP contribution in [0.4, 0.5) is 5.69 Å². The van der Waals surface area contributed by atoms with Crippen LogP contribution in [0.25, 0.3) is 11.1 Å². The third-order valence-electron chi connectivity index (χ3n) is 7.43. The summed E-state index contributed by atoms with van der Waals surface area (Å²) in [5.74, 6) is -1.17. The first kappa shape index (κ1) is 22.2. The minimum absolute atomic E-state index is 0.0578. The molecule has 9 heteroatoms. The van der Waals surface area contributed by atoms with Gasteiger partial charge in [0.05, 0.1) is 24.3 Å². The average molecular weight is 464 g/mol. The average Bonchev–Trinajstić information content (AvgIpc) is 3.46. The lowest BCUT2D eigenvalue weighted by Gasteiger charge is -2.26. The molecule has 2 aliphatic heterocycles. The Labute approximate surface area is 197 Å². The van der Waals surface area contributed by atoms with E-state index < -0.39 is 23.5 Å². The Morgan fingerprint density at radius 2 is 1.76 bits per heavy atom. The molecule has 2 aromatic carbocycles. The predicted octanol–water partition coefficient (Wildman–Crippen LogP) is 2.41. The number of nitrogens with one attached hydrogen (secondary N) is 1. The van der Waals surface area contributed by atoms with E-state index in [0.29, 0.717) is 5.69 Å². The highest BCUT2D eigenvalue weighted by Gasteiger charge is 2.61. The monoisotopic (exact) mass is 463 g/mol. The number of aliphatic hydroxyl groups is 1. The van der Waals surface area contributed by atoms with Crippen LogP contribution in [0.3, 0.4) is 0 Å². The molecule has 2 aliphatic rings. The fourth-order valence-corrected chi connectivity index (χ4v) is 5.02. The van der Waals surface area contributed by atoms with Crippen LogP contribution in [0.5, 0.6) is 0 Å². The number of hydrogen-bond donors (Lipinski definition) is 2. The first-order valence-corrected chi connectivity index (χ1v) is 11.6. The molecule has 0 saturated heterocycles. The van der Waals surface area contributed by atoms with Gasteiger partial charge in [-0.25, -0.2) is 14.5 Å². The number of hydrazine groups is 1. The Morgan fingerprint density at radius 1 is 1.12 bits per heavy atom. The Balaban J connectivity index is 1.49. The van der Waals surface area contributed by atoms with E-state index in [4.69, 9.17) is 0 Å². The molecule has 178 valence electrons. The van der Waals surface area contributed by atoms with Crippen molar-refractivity contribution in [2.45, 2.75) is 51.7 Å². The van der Waals surface area contributed by atoms with Gasteiger partial charge in [0, 0.05) is 5.56 Å². The number of nitrogens with zero attached hydrogens (tertiary/aromatic N) is 4. The molecule has 0 saturated carbocycles. The minimum Gasteiger partial charge on any atom is -0.394 e. The van der Waals surface area contributed by atoms with Gasteiger partial charge in [-0.1, -0.05) is 62.7 Å². The third kappa shape index (κ3) is 2.86. The van der Waals surface area contributed by atoms with E-state index in [9.17, 15) is 19.5 Å². The van der Waals surface area contributed by atoms with Gasteiger partial charge in [0.25, 0.3) is 17.5 Å². The van der Waals surface area contributed by atoms with Gasteiger partial charge >= 0.3 is 5.69 Å². The second kappa shape index (κ2) is 7.73. The number of aliphatic hydroxyl groups excluding tert-OH is 1. The van der Waals surface area contributed by atoms with Gasteiger partial charge in [0.2, 0.25) is 0 Å². The normalized spacial score (nSPS) is 22.3. The minimum atomic E-state index is -1.27. The van der Waals surface area contributed by atoms with Crippen LogP contribution in [-0.4, -0.2) is 37.7 Å². The zero-order chi connectivity index (χ0) is 24.4. The smallest absolute Gasteiger partial charge is 0.363 e. The Bertz CT molecular complexity index is 1350. The number of carbonyl (C=O) groups excluding carboxylic acids is 2. The summed E-state index contributed by atoms with van der Waals surface area (Å²) in [6.07, 6.45) is 0.781. The molecule has 34 heavy (non-hydrogen) atoms. The molecule has 0 fully saturated rings. The van der Waals surface area contributed by atoms with Gasteiger partial charge in [0.15, 0.2) is 0 Å². The maximum absolute atomic E-state index is 13.5. The number of aromatic nitrogens is 3. The fraction of sp³-hybridized carbons (Fsp3) is 0.400. The molecule has 0 radical (unpaired) electrons. The van der Waals surface area contributed by atoms with E-state index in [1.165, 1.54) is 14.4 Å². The van der Waals surface area contributed by atoms with Gasteiger partial charge in [0.1, 0.15) is 0 Å². The molecule has 4 atom stereocenters. The molecule has 3 heterocycles. The standard InChI is InChI=1S/C25H29N5O4/c1-5-15(2)21(14-31)28-24(34)29-25(4,30(28)29)23(33)26-27-20-13-9-8-12-19(20)18-11-7-6-10-17(18)16(3)22(27)32/h6-13,15-16,21,31H,5,14H2,1-4H3,(H,26,33)/t15?,16?,21?,25-,29?,30?/m0/s1. The SMILES string of the molecule is CCC(C)C(CO)n1c(=O)n2n1[C@@]2(C)C(=O)NN1C(=O)C(C)c2ccccc2-c2ccccc21. The lowest BCUT2D eigenvalue weighted by Crippen LogP contribution is -2.52. The van der Waals surface area contributed by atoms with Crippen molar-refractivity contribution >= 4 is 17.5 Å². The number of carbonyl (C=O) groups is 2. The van der Waals surface area contributed by atoms with Crippen molar-refractivity contribution in [2.75, 3.05) is 11.6 Å². The van der Waals surface area contributed by atoms with Crippen molar-refractivity contribution in [1.82, 2.24) is 19.6 Å². The summed E-state index contributed by atoms with van der Waals surface area (Å²) in [5, 5.41) is 11.2. The molecule has 0 bridgehead atoms. The molecule has 3 unspecified atom stereocenters. The van der Waals surface area contributed by atoms with Crippen molar-refractivity contribution in [3.05, 3.63) is 64.6 Å². The van der Waals surface area contributed by atoms with Crippen molar-refractivity contribution in [1.29, 1.82) is 0 Å². The van der Waals surface area contributed by atoms with E-state index >= 15 is 0 Å². The summed E-state index contributed by atoms with van der Waals surface area (Å²) in [4.78, 5) is 41.4. The first-order chi connectivity index (χ1) is 16.3.